The Hall–Kier alpha value is -1.50. The first-order chi connectivity index (χ1) is 11.0. The van der Waals surface area contributed by atoms with Crippen molar-refractivity contribution in [3.63, 3.8) is 0 Å². The fraction of sp³-hybridized carbons (Fsp3) is 0.412. The van der Waals surface area contributed by atoms with Crippen molar-refractivity contribution in [2.75, 3.05) is 6.54 Å². The number of aromatic amines is 1. The lowest BCUT2D eigenvalue weighted by Crippen LogP contribution is -2.34. The molecule has 1 atom stereocenters. The zero-order valence-electron chi connectivity index (χ0n) is 13.0. The van der Waals surface area contributed by atoms with E-state index >= 15 is 0 Å². The molecule has 1 aliphatic rings. The normalized spacial score (nSPS) is 16.8. The van der Waals surface area contributed by atoms with Crippen LogP contribution in [0.15, 0.2) is 30.3 Å². The molecule has 0 spiro atoms. The van der Waals surface area contributed by atoms with Crippen molar-refractivity contribution >= 4 is 29.5 Å². The van der Waals surface area contributed by atoms with Crippen molar-refractivity contribution in [1.29, 1.82) is 0 Å². The van der Waals surface area contributed by atoms with Crippen LogP contribution >= 0.6 is 23.6 Å². The summed E-state index contributed by atoms with van der Waals surface area (Å²) in [5.41, 5.74) is 1.66. The second-order valence-corrected chi connectivity index (χ2v) is 7.96. The molecule has 6 heteroatoms. The third-order valence-corrected chi connectivity index (χ3v) is 5.81. The van der Waals surface area contributed by atoms with Gasteiger partial charge in [-0.1, -0.05) is 30.3 Å². The highest BCUT2D eigenvalue weighted by atomic mass is 32.1. The van der Waals surface area contributed by atoms with E-state index in [4.69, 9.17) is 12.2 Å². The van der Waals surface area contributed by atoms with Gasteiger partial charge in [0, 0.05) is 22.5 Å². The number of carbonyl (C=O) groups excluding carboxylic acids is 1. The summed E-state index contributed by atoms with van der Waals surface area (Å²) in [7, 11) is 0. The molecule has 0 unspecified atom stereocenters. The number of aromatic nitrogens is 1. The Morgan fingerprint density at radius 1 is 1.43 bits per heavy atom. The molecule has 0 saturated heterocycles. The van der Waals surface area contributed by atoms with Crippen molar-refractivity contribution in [3.8, 4) is 0 Å². The molecule has 0 radical (unpaired) electrons. The van der Waals surface area contributed by atoms with Crippen molar-refractivity contribution in [2.45, 2.75) is 32.3 Å². The maximum absolute atomic E-state index is 12.2. The van der Waals surface area contributed by atoms with Gasteiger partial charge in [0.05, 0.1) is 12.5 Å². The Kier molecular flexibility index (Phi) is 4.66. The standard InChI is InChI=1S/C17H20N2O2S2/c1-11-13(23-16(22)19-11)9-14(20)18-10-17(7-8-17)15(21)12-5-3-2-4-6-12/h2-6,15,21H,7-10H2,1H3,(H,18,20)(H,19,22)/t15-/m1/s1. The van der Waals surface area contributed by atoms with E-state index in [1.54, 1.807) is 0 Å². The quantitative estimate of drug-likeness (QED) is 0.702. The molecule has 1 aromatic carbocycles. The zero-order chi connectivity index (χ0) is 16.4. The number of aliphatic hydroxyl groups is 1. The van der Waals surface area contributed by atoms with Gasteiger partial charge in [-0.2, -0.15) is 0 Å². The average Bonchev–Trinajstić information content (AvgIpc) is 3.27. The molecule has 2 aromatic rings. The summed E-state index contributed by atoms with van der Waals surface area (Å²) in [6, 6.07) is 9.65. The van der Waals surface area contributed by atoms with E-state index in [1.807, 2.05) is 37.3 Å². The van der Waals surface area contributed by atoms with Gasteiger partial charge in [0.1, 0.15) is 0 Å². The van der Waals surface area contributed by atoms with Gasteiger partial charge in [-0.25, -0.2) is 0 Å². The number of rotatable bonds is 6. The van der Waals surface area contributed by atoms with Gasteiger partial charge in [0.2, 0.25) is 5.91 Å². The van der Waals surface area contributed by atoms with Gasteiger partial charge in [0.15, 0.2) is 3.95 Å². The molecule has 0 bridgehead atoms. The van der Waals surface area contributed by atoms with E-state index in [-0.39, 0.29) is 11.3 Å². The molecule has 23 heavy (non-hydrogen) atoms. The summed E-state index contributed by atoms with van der Waals surface area (Å²) in [6.45, 7) is 2.44. The van der Waals surface area contributed by atoms with E-state index in [9.17, 15) is 9.90 Å². The lowest BCUT2D eigenvalue weighted by atomic mass is 9.92. The van der Waals surface area contributed by atoms with Gasteiger partial charge in [-0.05, 0) is 37.5 Å². The number of thiazole rings is 1. The summed E-state index contributed by atoms with van der Waals surface area (Å²) in [6.07, 6.45) is 1.68. The molecule has 1 heterocycles. The van der Waals surface area contributed by atoms with Crippen LogP contribution in [-0.4, -0.2) is 22.5 Å². The van der Waals surface area contributed by atoms with Crippen LogP contribution in [0.25, 0.3) is 0 Å². The predicted octanol–water partition coefficient (Wildman–Crippen LogP) is 3.29. The Balaban J connectivity index is 1.58. The van der Waals surface area contributed by atoms with Gasteiger partial charge < -0.3 is 15.4 Å². The fourth-order valence-electron chi connectivity index (χ4n) is 2.78. The van der Waals surface area contributed by atoms with Crippen LogP contribution in [0.2, 0.25) is 0 Å². The van der Waals surface area contributed by atoms with Gasteiger partial charge in [-0.3, -0.25) is 4.79 Å². The highest BCUT2D eigenvalue weighted by Gasteiger charge is 2.49. The van der Waals surface area contributed by atoms with Crippen LogP contribution in [0, 0.1) is 16.3 Å². The smallest absolute Gasteiger partial charge is 0.225 e. The number of aliphatic hydroxyl groups excluding tert-OH is 1. The Labute approximate surface area is 144 Å². The lowest BCUT2D eigenvalue weighted by Gasteiger charge is -2.23. The number of aryl methyl sites for hydroxylation is 1. The second kappa shape index (κ2) is 6.55. The molecule has 4 nitrogen and oxygen atoms in total. The second-order valence-electron chi connectivity index (χ2n) is 6.19. The average molecular weight is 348 g/mol. The number of nitrogens with one attached hydrogen (secondary N) is 2. The van der Waals surface area contributed by atoms with Crippen molar-refractivity contribution in [2.24, 2.45) is 5.41 Å². The Morgan fingerprint density at radius 3 is 2.70 bits per heavy atom. The molecular weight excluding hydrogens is 328 g/mol. The molecule has 1 aliphatic carbocycles. The van der Waals surface area contributed by atoms with Crippen LogP contribution < -0.4 is 5.32 Å². The molecule has 1 aromatic heterocycles. The third kappa shape index (κ3) is 3.71. The van der Waals surface area contributed by atoms with Gasteiger partial charge in [-0.15, -0.1) is 11.3 Å². The van der Waals surface area contributed by atoms with Crippen LogP contribution in [0.1, 0.15) is 35.1 Å². The summed E-state index contributed by atoms with van der Waals surface area (Å²) in [4.78, 5) is 16.2. The lowest BCUT2D eigenvalue weighted by molar-refractivity contribution is -0.120. The largest absolute Gasteiger partial charge is 0.388 e. The molecule has 3 N–H and O–H groups in total. The molecule has 1 saturated carbocycles. The fourth-order valence-corrected chi connectivity index (χ4v) is 4.07. The summed E-state index contributed by atoms with van der Waals surface area (Å²) in [5.74, 6) is -0.0233. The molecule has 3 rings (SSSR count). The monoisotopic (exact) mass is 348 g/mol. The SMILES string of the molecule is Cc1[nH]c(=S)sc1CC(=O)NCC1([C@H](O)c2ccccc2)CC1. The minimum Gasteiger partial charge on any atom is -0.388 e. The zero-order valence-corrected chi connectivity index (χ0v) is 14.6. The first-order valence-corrected chi connectivity index (χ1v) is 8.91. The molecule has 122 valence electrons. The van der Waals surface area contributed by atoms with E-state index in [2.05, 4.69) is 10.3 Å². The number of hydrogen-bond acceptors (Lipinski definition) is 4. The number of hydrogen-bond donors (Lipinski definition) is 3. The van der Waals surface area contributed by atoms with Crippen LogP contribution in [0.4, 0.5) is 0 Å². The summed E-state index contributed by atoms with van der Waals surface area (Å²) in [5, 5.41) is 13.6. The number of amides is 1. The molecule has 1 fully saturated rings. The number of benzene rings is 1. The Bertz CT molecular complexity index is 747. The van der Waals surface area contributed by atoms with Crippen LogP contribution in [0.3, 0.4) is 0 Å². The summed E-state index contributed by atoms with van der Waals surface area (Å²) < 4.78 is 0.698. The van der Waals surface area contributed by atoms with Crippen molar-refractivity contribution < 1.29 is 9.90 Å². The van der Waals surface area contributed by atoms with Gasteiger partial charge >= 0.3 is 0 Å². The van der Waals surface area contributed by atoms with E-state index in [0.717, 1.165) is 29.0 Å². The Morgan fingerprint density at radius 2 is 2.13 bits per heavy atom. The van der Waals surface area contributed by atoms with E-state index in [1.165, 1.54) is 11.3 Å². The highest BCUT2D eigenvalue weighted by molar-refractivity contribution is 7.73. The van der Waals surface area contributed by atoms with E-state index < -0.39 is 6.10 Å². The van der Waals surface area contributed by atoms with Crippen LogP contribution in [0.5, 0.6) is 0 Å². The third-order valence-electron chi connectivity index (χ3n) is 4.47. The minimum absolute atomic E-state index is 0.0233. The van der Waals surface area contributed by atoms with Crippen LogP contribution in [-0.2, 0) is 11.2 Å². The maximum atomic E-state index is 12.2. The molecular formula is C17H20N2O2S2. The predicted molar refractivity (Wildman–Crippen MR) is 94.0 cm³/mol. The minimum atomic E-state index is -0.528. The first-order valence-electron chi connectivity index (χ1n) is 7.68. The first kappa shape index (κ1) is 16.4. The van der Waals surface area contributed by atoms with Crippen molar-refractivity contribution in [1.82, 2.24) is 10.3 Å². The number of carbonyl (C=O) groups is 1. The molecule has 1 amide bonds. The number of H-pyrrole nitrogens is 1. The topological polar surface area (TPSA) is 65.1 Å². The van der Waals surface area contributed by atoms with Crippen molar-refractivity contribution in [3.05, 3.63) is 50.4 Å². The highest BCUT2D eigenvalue weighted by Crippen LogP contribution is 2.54. The van der Waals surface area contributed by atoms with Gasteiger partial charge in [0.25, 0.3) is 0 Å². The summed E-state index contributed by atoms with van der Waals surface area (Å²) >= 11 is 6.54. The molecule has 0 aliphatic heterocycles. The van der Waals surface area contributed by atoms with E-state index in [0.29, 0.717) is 16.9 Å². The maximum Gasteiger partial charge on any atom is 0.225 e.